The van der Waals surface area contributed by atoms with Gasteiger partial charge in [-0.25, -0.2) is 0 Å². The smallest absolute Gasteiger partial charge is 0.0905 e. The van der Waals surface area contributed by atoms with E-state index in [2.05, 4.69) is 6.92 Å². The maximum Gasteiger partial charge on any atom is 0.0905 e. The van der Waals surface area contributed by atoms with Gasteiger partial charge in [0, 0.05) is 0 Å². The molecule has 0 aromatic heterocycles. The molecule has 2 heteroatoms. The summed E-state index contributed by atoms with van der Waals surface area (Å²) in [6, 6.07) is 0. The van der Waals surface area contributed by atoms with Crippen LogP contribution in [0.2, 0.25) is 0 Å². The quantitative estimate of drug-likeness (QED) is 0.634. The molecule has 1 unspecified atom stereocenters. The summed E-state index contributed by atoms with van der Waals surface area (Å²) in [6.07, 6.45) is 5.01. The molecule has 0 aromatic rings. The van der Waals surface area contributed by atoms with Crippen molar-refractivity contribution in [1.29, 1.82) is 0 Å². The Balaban J connectivity index is 4.15. The molecule has 2 nitrogen and oxygen atoms in total. The van der Waals surface area contributed by atoms with Crippen molar-refractivity contribution in [2.24, 2.45) is 0 Å². The van der Waals surface area contributed by atoms with E-state index in [4.69, 9.17) is 0 Å². The lowest BCUT2D eigenvalue weighted by molar-refractivity contribution is -0.0898. The van der Waals surface area contributed by atoms with Gasteiger partial charge in [-0.3, -0.25) is 0 Å². The summed E-state index contributed by atoms with van der Waals surface area (Å²) < 4.78 is 0. The predicted octanol–water partition coefficient (Wildman–Crippen LogP) is 2.68. The van der Waals surface area contributed by atoms with Gasteiger partial charge < -0.3 is 10.2 Å². The Morgan fingerprint density at radius 3 is 2.07 bits per heavy atom. The van der Waals surface area contributed by atoms with Crippen molar-refractivity contribution in [2.75, 3.05) is 0 Å². The molecule has 0 spiro atoms. The molecule has 1 radical (unpaired) electrons. The van der Waals surface area contributed by atoms with Crippen LogP contribution in [0.4, 0.5) is 0 Å². The summed E-state index contributed by atoms with van der Waals surface area (Å²) in [5.41, 5.74) is -0.862. The average molecular weight is 201 g/mol. The number of rotatable bonds is 8. The second kappa shape index (κ2) is 7.24. The first kappa shape index (κ1) is 13.9. The van der Waals surface area contributed by atoms with Crippen LogP contribution < -0.4 is 0 Å². The molecule has 0 aromatic carbocycles. The van der Waals surface area contributed by atoms with E-state index in [1.165, 1.54) is 0 Å². The van der Waals surface area contributed by atoms with Gasteiger partial charge in [-0.05, 0) is 19.3 Å². The first-order valence-electron chi connectivity index (χ1n) is 5.80. The number of hydrogen-bond acceptors (Lipinski definition) is 2. The van der Waals surface area contributed by atoms with Gasteiger partial charge in [0.1, 0.15) is 0 Å². The van der Waals surface area contributed by atoms with E-state index >= 15 is 0 Å². The van der Waals surface area contributed by atoms with Gasteiger partial charge in [0.25, 0.3) is 0 Å². The van der Waals surface area contributed by atoms with E-state index in [1.54, 1.807) is 0 Å². The molecule has 0 saturated carbocycles. The molecule has 0 saturated heterocycles. The Kier molecular flexibility index (Phi) is 7.20. The topological polar surface area (TPSA) is 40.5 Å². The molecule has 0 rings (SSSR count). The number of aliphatic hydroxyl groups excluding tert-OH is 1. The third-order valence-corrected chi connectivity index (χ3v) is 2.71. The molecule has 0 aliphatic heterocycles. The van der Waals surface area contributed by atoms with Crippen molar-refractivity contribution in [2.45, 2.75) is 70.5 Å². The second-order valence-corrected chi connectivity index (χ2v) is 4.12. The zero-order chi connectivity index (χ0) is 11.0. The molecular weight excluding hydrogens is 176 g/mol. The standard InChI is InChI=1S/C12H25O2/c1-4-7-8-11(13)12(14,9-5-2)10-6-3/h11,13-14H,1,4-10H2,2-3H3. The Morgan fingerprint density at radius 2 is 1.71 bits per heavy atom. The molecule has 14 heavy (non-hydrogen) atoms. The molecule has 2 N–H and O–H groups in total. The van der Waals surface area contributed by atoms with Crippen LogP contribution in [0.5, 0.6) is 0 Å². The predicted molar refractivity (Wildman–Crippen MR) is 60.0 cm³/mol. The summed E-state index contributed by atoms with van der Waals surface area (Å²) in [7, 11) is 0. The summed E-state index contributed by atoms with van der Waals surface area (Å²) >= 11 is 0. The lowest BCUT2D eigenvalue weighted by Gasteiger charge is -2.32. The SMILES string of the molecule is [CH2]CCCC(O)C(O)(CCC)CCC. The van der Waals surface area contributed by atoms with Gasteiger partial charge >= 0.3 is 0 Å². The first-order chi connectivity index (χ1) is 6.60. The van der Waals surface area contributed by atoms with Gasteiger partial charge in [-0.15, -0.1) is 0 Å². The molecule has 0 amide bonds. The zero-order valence-electron chi connectivity index (χ0n) is 9.63. The lowest BCUT2D eigenvalue weighted by Crippen LogP contribution is -2.42. The van der Waals surface area contributed by atoms with E-state index < -0.39 is 11.7 Å². The first-order valence-corrected chi connectivity index (χ1v) is 5.80. The van der Waals surface area contributed by atoms with Crippen LogP contribution in [0.1, 0.15) is 58.8 Å². The van der Waals surface area contributed by atoms with Crippen LogP contribution in [0.15, 0.2) is 0 Å². The normalized spacial score (nSPS) is 14.4. The second-order valence-electron chi connectivity index (χ2n) is 4.12. The van der Waals surface area contributed by atoms with Gasteiger partial charge in [0.15, 0.2) is 0 Å². The third-order valence-electron chi connectivity index (χ3n) is 2.71. The van der Waals surface area contributed by atoms with Crippen LogP contribution in [0, 0.1) is 6.92 Å². The van der Waals surface area contributed by atoms with Crippen molar-refractivity contribution in [1.82, 2.24) is 0 Å². The van der Waals surface area contributed by atoms with Crippen LogP contribution in [0.25, 0.3) is 0 Å². The monoisotopic (exact) mass is 201 g/mol. The fourth-order valence-corrected chi connectivity index (χ4v) is 1.93. The zero-order valence-corrected chi connectivity index (χ0v) is 9.63. The molecule has 85 valence electrons. The van der Waals surface area contributed by atoms with E-state index in [0.717, 1.165) is 25.7 Å². The van der Waals surface area contributed by atoms with Gasteiger partial charge in [-0.1, -0.05) is 46.5 Å². The highest BCUT2D eigenvalue weighted by molar-refractivity contribution is 4.85. The Labute approximate surface area is 88.3 Å². The van der Waals surface area contributed by atoms with Crippen LogP contribution in [-0.4, -0.2) is 21.9 Å². The van der Waals surface area contributed by atoms with Gasteiger partial charge in [0.2, 0.25) is 0 Å². The summed E-state index contributed by atoms with van der Waals surface area (Å²) in [6.45, 7) is 7.81. The molecule has 0 bridgehead atoms. The number of hydrogen-bond donors (Lipinski definition) is 2. The minimum atomic E-state index is -0.862. The van der Waals surface area contributed by atoms with Gasteiger partial charge in [0.05, 0.1) is 11.7 Å². The van der Waals surface area contributed by atoms with Crippen molar-refractivity contribution in [3.63, 3.8) is 0 Å². The molecular formula is C12H25O2. The maximum atomic E-state index is 10.2. The average Bonchev–Trinajstić information content (AvgIpc) is 2.15. The van der Waals surface area contributed by atoms with Crippen molar-refractivity contribution in [3.8, 4) is 0 Å². The molecule has 0 heterocycles. The fraction of sp³-hybridized carbons (Fsp3) is 0.917. The largest absolute Gasteiger partial charge is 0.390 e. The van der Waals surface area contributed by atoms with Crippen LogP contribution in [0.3, 0.4) is 0 Å². The maximum absolute atomic E-state index is 10.2. The van der Waals surface area contributed by atoms with Gasteiger partial charge in [-0.2, -0.15) is 0 Å². The minimum absolute atomic E-state index is 0.579. The third kappa shape index (κ3) is 4.43. The minimum Gasteiger partial charge on any atom is -0.390 e. The summed E-state index contributed by atoms with van der Waals surface area (Å²) in [4.78, 5) is 0. The van der Waals surface area contributed by atoms with Crippen LogP contribution in [-0.2, 0) is 0 Å². The van der Waals surface area contributed by atoms with Crippen molar-refractivity contribution < 1.29 is 10.2 Å². The Hall–Kier alpha value is -0.0800. The summed E-state index contributed by atoms with van der Waals surface area (Å²) in [5, 5.41) is 20.1. The highest BCUT2D eigenvalue weighted by Crippen LogP contribution is 2.26. The van der Waals surface area contributed by atoms with Crippen molar-refractivity contribution >= 4 is 0 Å². The fourth-order valence-electron chi connectivity index (χ4n) is 1.93. The number of aliphatic hydroxyl groups is 2. The van der Waals surface area contributed by atoms with E-state index in [0.29, 0.717) is 19.3 Å². The summed E-state index contributed by atoms with van der Waals surface area (Å²) in [5.74, 6) is 0. The molecule has 0 fully saturated rings. The van der Waals surface area contributed by atoms with Crippen LogP contribution >= 0.6 is 0 Å². The highest BCUT2D eigenvalue weighted by atomic mass is 16.3. The molecule has 1 atom stereocenters. The van der Waals surface area contributed by atoms with E-state index in [9.17, 15) is 10.2 Å². The molecule has 0 aliphatic rings. The van der Waals surface area contributed by atoms with Crippen molar-refractivity contribution in [3.05, 3.63) is 6.92 Å². The Morgan fingerprint density at radius 1 is 1.21 bits per heavy atom. The van der Waals surface area contributed by atoms with E-state index in [1.807, 2.05) is 13.8 Å². The van der Waals surface area contributed by atoms with E-state index in [-0.39, 0.29) is 0 Å². The lowest BCUT2D eigenvalue weighted by atomic mass is 9.85. The highest BCUT2D eigenvalue weighted by Gasteiger charge is 2.32. The Bertz CT molecular complexity index is 128. The number of unbranched alkanes of at least 4 members (excludes halogenated alkanes) is 1. The molecule has 0 aliphatic carbocycles.